The molecule has 0 bridgehead atoms. The maximum Gasteiger partial charge on any atom is 0.250 e. The molecule has 0 aromatic heterocycles. The van der Waals surface area contributed by atoms with Gasteiger partial charge in [0.1, 0.15) is 5.54 Å². The van der Waals surface area contributed by atoms with E-state index in [2.05, 4.69) is 10.2 Å². The average Bonchev–Trinajstić information content (AvgIpc) is 3.56. The van der Waals surface area contributed by atoms with Crippen LogP contribution in [0.1, 0.15) is 24.0 Å². The molecule has 0 aliphatic carbocycles. The second kappa shape index (κ2) is 7.96. The molecule has 2 unspecified atom stereocenters. The van der Waals surface area contributed by atoms with Crippen LogP contribution in [0.4, 0.5) is 5.69 Å². The third-order valence-electron chi connectivity index (χ3n) is 8.12. The fourth-order valence-corrected chi connectivity index (χ4v) is 6.90. The third-order valence-corrected chi connectivity index (χ3v) is 8.35. The minimum absolute atomic E-state index is 0.141. The van der Waals surface area contributed by atoms with E-state index in [0.29, 0.717) is 40.7 Å². The highest BCUT2D eigenvalue weighted by molar-refractivity contribution is 6.31. The first-order valence-electron chi connectivity index (χ1n) is 11.9. The number of halogens is 1. The molecule has 0 radical (unpaired) electrons. The molecule has 3 amide bonds. The van der Waals surface area contributed by atoms with Crippen molar-refractivity contribution in [1.29, 1.82) is 0 Å². The second-order valence-corrected chi connectivity index (χ2v) is 10.0. The lowest BCUT2D eigenvalue weighted by Gasteiger charge is -2.36. The lowest BCUT2D eigenvalue weighted by molar-refractivity contribution is -0.145. The van der Waals surface area contributed by atoms with Crippen LogP contribution in [0.5, 0.6) is 11.5 Å². The molecular weight excluding hydrogens is 470 g/mol. The molecular formula is C26H26ClN3O5. The SMILES string of the molecule is COc1ccc(CCN2C(=O)[C@@H]3C4CCCN4C4(C(=O)Nc5ccc(Cl)cc54)[C@@H]3C2=O)cc1OC. The number of nitrogens with zero attached hydrogens (tertiary/aromatic N) is 2. The summed E-state index contributed by atoms with van der Waals surface area (Å²) >= 11 is 6.34. The van der Waals surface area contributed by atoms with E-state index in [9.17, 15) is 14.4 Å². The van der Waals surface area contributed by atoms with Gasteiger partial charge in [0.05, 0.1) is 26.1 Å². The van der Waals surface area contributed by atoms with Crippen LogP contribution in [0.2, 0.25) is 5.02 Å². The van der Waals surface area contributed by atoms with Crippen LogP contribution in [0.15, 0.2) is 36.4 Å². The van der Waals surface area contributed by atoms with Crippen molar-refractivity contribution in [1.82, 2.24) is 9.80 Å². The largest absolute Gasteiger partial charge is 0.493 e. The third kappa shape index (κ3) is 2.93. The van der Waals surface area contributed by atoms with Gasteiger partial charge in [-0.25, -0.2) is 0 Å². The number of likely N-dealkylation sites (tertiary alicyclic amines) is 1. The van der Waals surface area contributed by atoms with Crippen molar-refractivity contribution in [2.45, 2.75) is 30.8 Å². The van der Waals surface area contributed by atoms with Crippen molar-refractivity contribution in [3.63, 3.8) is 0 Å². The molecule has 0 saturated carbocycles. The summed E-state index contributed by atoms with van der Waals surface area (Å²) in [5.74, 6) is -0.784. The van der Waals surface area contributed by atoms with E-state index < -0.39 is 17.4 Å². The number of hydrogen-bond acceptors (Lipinski definition) is 6. The molecule has 8 nitrogen and oxygen atoms in total. The molecule has 182 valence electrons. The molecule has 9 heteroatoms. The van der Waals surface area contributed by atoms with Gasteiger partial charge in [0.25, 0.3) is 0 Å². The summed E-state index contributed by atoms with van der Waals surface area (Å²) in [5.41, 5.74) is 1.09. The maximum absolute atomic E-state index is 13.9. The molecule has 2 aromatic carbocycles. The smallest absolute Gasteiger partial charge is 0.250 e. The predicted octanol–water partition coefficient (Wildman–Crippen LogP) is 2.83. The molecule has 4 heterocycles. The Morgan fingerprint density at radius 2 is 1.86 bits per heavy atom. The Hall–Kier alpha value is -3.10. The van der Waals surface area contributed by atoms with E-state index in [1.165, 1.54) is 4.90 Å². The quantitative estimate of drug-likeness (QED) is 0.642. The van der Waals surface area contributed by atoms with Crippen LogP contribution >= 0.6 is 11.6 Å². The van der Waals surface area contributed by atoms with Crippen molar-refractivity contribution in [2.24, 2.45) is 11.8 Å². The Morgan fingerprint density at radius 1 is 1.06 bits per heavy atom. The summed E-state index contributed by atoms with van der Waals surface area (Å²) in [4.78, 5) is 44.7. The number of nitrogens with one attached hydrogen (secondary N) is 1. The summed E-state index contributed by atoms with van der Waals surface area (Å²) in [5, 5.41) is 3.47. The van der Waals surface area contributed by atoms with Gasteiger partial charge < -0.3 is 14.8 Å². The van der Waals surface area contributed by atoms with Crippen molar-refractivity contribution in [3.8, 4) is 11.5 Å². The minimum Gasteiger partial charge on any atom is -0.493 e. The molecule has 6 rings (SSSR count). The number of carbonyl (C=O) groups is 3. The second-order valence-electron chi connectivity index (χ2n) is 9.58. The van der Waals surface area contributed by atoms with Gasteiger partial charge in [0.2, 0.25) is 17.7 Å². The number of imide groups is 1. The van der Waals surface area contributed by atoms with Crippen LogP contribution < -0.4 is 14.8 Å². The molecule has 35 heavy (non-hydrogen) atoms. The van der Waals surface area contributed by atoms with E-state index >= 15 is 0 Å². The van der Waals surface area contributed by atoms with Crippen LogP contribution in [-0.4, -0.2) is 60.9 Å². The van der Waals surface area contributed by atoms with Crippen molar-refractivity contribution in [2.75, 3.05) is 32.6 Å². The monoisotopic (exact) mass is 495 g/mol. The summed E-state index contributed by atoms with van der Waals surface area (Å²) in [6.45, 7) is 0.913. The molecule has 4 atom stereocenters. The van der Waals surface area contributed by atoms with Gasteiger partial charge in [-0.2, -0.15) is 0 Å². The van der Waals surface area contributed by atoms with Gasteiger partial charge in [0.15, 0.2) is 11.5 Å². The summed E-state index contributed by atoms with van der Waals surface area (Å²) in [6, 6.07) is 10.7. The zero-order valence-corrected chi connectivity index (χ0v) is 20.3. The van der Waals surface area contributed by atoms with E-state index in [1.807, 2.05) is 18.2 Å². The van der Waals surface area contributed by atoms with Crippen LogP contribution in [0.25, 0.3) is 0 Å². The standard InChI is InChI=1S/C26H26ClN3O5/c1-34-19-8-5-14(12-20(19)35-2)9-11-29-23(31)21-18-4-3-10-30(18)26(22(21)24(29)32)16-13-15(27)6-7-17(16)28-25(26)33/h5-8,12-13,18,21-22H,3-4,9-11H2,1-2H3,(H,28,33)/t18?,21-,22+,26?/m1/s1. The van der Waals surface area contributed by atoms with E-state index in [-0.39, 0.29) is 30.3 Å². The highest BCUT2D eigenvalue weighted by Gasteiger charge is 2.74. The minimum atomic E-state index is -1.20. The number of methoxy groups -OCH3 is 2. The Balaban J connectivity index is 1.35. The molecule has 1 N–H and O–H groups in total. The fraction of sp³-hybridized carbons (Fsp3) is 0.423. The zero-order chi connectivity index (χ0) is 24.5. The van der Waals surface area contributed by atoms with Gasteiger partial charge in [-0.1, -0.05) is 17.7 Å². The molecule has 2 aromatic rings. The number of amides is 3. The van der Waals surface area contributed by atoms with Crippen molar-refractivity contribution < 1.29 is 23.9 Å². The van der Waals surface area contributed by atoms with Gasteiger partial charge in [-0.15, -0.1) is 0 Å². The van der Waals surface area contributed by atoms with Crippen molar-refractivity contribution >= 4 is 35.0 Å². The highest BCUT2D eigenvalue weighted by atomic mass is 35.5. The Kier molecular flexibility index (Phi) is 5.09. The summed E-state index contributed by atoms with van der Waals surface area (Å²) in [6.07, 6.45) is 2.15. The van der Waals surface area contributed by atoms with E-state index in [0.717, 1.165) is 18.4 Å². The van der Waals surface area contributed by atoms with Crippen LogP contribution in [0.3, 0.4) is 0 Å². The Labute approximate surface area is 208 Å². The molecule has 1 spiro atoms. The number of hydrogen-bond donors (Lipinski definition) is 1. The Bertz CT molecular complexity index is 1270. The number of fused-ring (bicyclic) bond motifs is 7. The van der Waals surface area contributed by atoms with Crippen LogP contribution in [0, 0.1) is 11.8 Å². The average molecular weight is 496 g/mol. The fourth-order valence-electron chi connectivity index (χ4n) is 6.73. The summed E-state index contributed by atoms with van der Waals surface area (Å²) in [7, 11) is 3.14. The molecule has 3 fully saturated rings. The maximum atomic E-state index is 13.9. The molecule has 3 saturated heterocycles. The first kappa shape index (κ1) is 22.4. The first-order chi connectivity index (χ1) is 16.9. The van der Waals surface area contributed by atoms with Gasteiger partial charge in [-0.3, -0.25) is 24.2 Å². The highest BCUT2D eigenvalue weighted by Crippen LogP contribution is 2.60. The van der Waals surface area contributed by atoms with E-state index in [4.69, 9.17) is 21.1 Å². The number of anilines is 1. The topological polar surface area (TPSA) is 88.2 Å². The number of rotatable bonds is 5. The normalized spacial score (nSPS) is 28.9. The zero-order valence-electron chi connectivity index (χ0n) is 19.5. The summed E-state index contributed by atoms with van der Waals surface area (Å²) < 4.78 is 10.7. The van der Waals surface area contributed by atoms with Gasteiger partial charge >= 0.3 is 0 Å². The molecule has 4 aliphatic rings. The molecule has 4 aliphatic heterocycles. The lowest BCUT2D eigenvalue weighted by atomic mass is 9.75. The van der Waals surface area contributed by atoms with Gasteiger partial charge in [-0.05, 0) is 61.7 Å². The van der Waals surface area contributed by atoms with E-state index in [1.54, 1.807) is 32.4 Å². The van der Waals surface area contributed by atoms with Crippen LogP contribution in [-0.2, 0) is 26.3 Å². The predicted molar refractivity (Wildman–Crippen MR) is 128 cm³/mol. The first-order valence-corrected chi connectivity index (χ1v) is 12.2. The Morgan fingerprint density at radius 3 is 2.63 bits per heavy atom. The number of benzene rings is 2. The lowest BCUT2D eigenvalue weighted by Crippen LogP contribution is -2.54. The van der Waals surface area contributed by atoms with Gasteiger partial charge in [0, 0.05) is 28.9 Å². The number of ether oxygens (including phenoxy) is 2. The van der Waals surface area contributed by atoms with Crippen molar-refractivity contribution in [3.05, 3.63) is 52.5 Å². The number of carbonyl (C=O) groups excluding carboxylic acids is 3.